The van der Waals surface area contributed by atoms with Gasteiger partial charge in [-0.3, -0.25) is 0 Å². The average molecular weight is 716 g/mol. The number of aromatic nitrogens is 3. The highest BCUT2D eigenvalue weighted by atomic mass is 19.1. The molecule has 0 bridgehead atoms. The van der Waals surface area contributed by atoms with Crippen molar-refractivity contribution in [1.82, 2.24) is 20.3 Å². The molecular formula is C40H47F2N5O5. The summed E-state index contributed by atoms with van der Waals surface area (Å²) in [6.45, 7) is 5.89. The molecule has 52 heavy (non-hydrogen) atoms. The van der Waals surface area contributed by atoms with Crippen LogP contribution in [-0.2, 0) is 9.47 Å². The van der Waals surface area contributed by atoms with Crippen LogP contribution in [0.25, 0.3) is 32.9 Å². The molecule has 4 aliphatic rings. The summed E-state index contributed by atoms with van der Waals surface area (Å²) in [4.78, 5) is 16.0. The highest BCUT2D eigenvalue weighted by Gasteiger charge is 2.45. The van der Waals surface area contributed by atoms with Crippen molar-refractivity contribution < 1.29 is 32.8 Å². The van der Waals surface area contributed by atoms with E-state index in [4.69, 9.17) is 30.4 Å². The molecule has 4 heterocycles. The van der Waals surface area contributed by atoms with Crippen molar-refractivity contribution in [3.05, 3.63) is 41.5 Å². The van der Waals surface area contributed by atoms with Crippen LogP contribution >= 0.6 is 0 Å². The number of halogens is 2. The first-order chi connectivity index (χ1) is 25.2. The van der Waals surface area contributed by atoms with Crippen LogP contribution in [0.15, 0.2) is 24.3 Å². The Morgan fingerprint density at radius 2 is 1.88 bits per heavy atom. The fraction of sp³-hybridized carbons (Fsp3) is 0.525. The molecule has 10 nitrogen and oxygen atoms in total. The van der Waals surface area contributed by atoms with Crippen LogP contribution in [0.4, 0.5) is 14.6 Å². The molecule has 0 spiro atoms. The lowest BCUT2D eigenvalue weighted by Gasteiger charge is -2.39. The standard InChI is InChI=1S/C34H35F2N5O4.C6H12O/c1-3-22-24(35)9-8-20-17-21(42)18-23(26(20)22)29-28(36)30-27(32(38-29)43-2)31(41-13-6-15-44-16-14-41)40-33(39-30)45-19-34-10-4-7-25(34)37-12-5-11-34;1-5-3-6(4-5)7-2/h1,8-9,17-18,25,37,42H,4-7,10-16,19H2,2H3;5-6H,3-4H2,1-2H3. The van der Waals surface area contributed by atoms with Gasteiger partial charge in [0.1, 0.15) is 34.0 Å². The number of nitrogens with zero attached hydrogens (tertiary/aromatic N) is 4. The number of pyridine rings is 1. The van der Waals surface area contributed by atoms with Crippen molar-refractivity contribution in [2.75, 3.05) is 58.6 Å². The van der Waals surface area contributed by atoms with Gasteiger partial charge in [-0.25, -0.2) is 13.8 Å². The zero-order chi connectivity index (χ0) is 36.4. The molecule has 276 valence electrons. The minimum atomic E-state index is -0.791. The summed E-state index contributed by atoms with van der Waals surface area (Å²) in [6.07, 6.45) is 15.0. The molecule has 8 rings (SSSR count). The van der Waals surface area contributed by atoms with E-state index in [0.717, 1.165) is 51.0 Å². The van der Waals surface area contributed by atoms with Crippen LogP contribution in [0.2, 0.25) is 0 Å². The summed E-state index contributed by atoms with van der Waals surface area (Å²) in [6, 6.07) is 5.89. The molecule has 2 aromatic heterocycles. The van der Waals surface area contributed by atoms with Gasteiger partial charge in [-0.1, -0.05) is 25.3 Å². The SMILES string of the molecule is C#Cc1c(F)ccc2cc(O)cc(-c3nc(OC)c4c(N5CCCOCC5)nc(OCC56CCCNC5CCC6)nc4c3F)c12.COC1CC(C)C1. The van der Waals surface area contributed by atoms with Crippen LogP contribution in [0.3, 0.4) is 0 Å². The van der Waals surface area contributed by atoms with Gasteiger partial charge < -0.3 is 34.3 Å². The quantitative estimate of drug-likeness (QED) is 0.199. The van der Waals surface area contributed by atoms with Gasteiger partial charge in [-0.2, -0.15) is 9.97 Å². The Morgan fingerprint density at radius 3 is 2.63 bits per heavy atom. The largest absolute Gasteiger partial charge is 0.508 e. The number of aromatic hydroxyl groups is 1. The third-order valence-electron chi connectivity index (χ3n) is 11.2. The molecule has 2 aliphatic heterocycles. The third-order valence-corrected chi connectivity index (χ3v) is 11.2. The summed E-state index contributed by atoms with van der Waals surface area (Å²) in [5.41, 5.74) is -0.223. The van der Waals surface area contributed by atoms with Crippen molar-refractivity contribution in [3.8, 4) is 41.2 Å². The maximum atomic E-state index is 16.9. The smallest absolute Gasteiger partial charge is 0.319 e. The fourth-order valence-corrected chi connectivity index (χ4v) is 8.38. The van der Waals surface area contributed by atoms with E-state index < -0.39 is 11.6 Å². The number of phenols is 1. The molecule has 0 amide bonds. The number of phenolic OH excluding ortho intramolecular Hbond substituents is 1. The molecule has 4 aromatic rings. The normalized spacial score (nSPS) is 24.3. The number of anilines is 1. The molecule has 0 radical (unpaired) electrons. The zero-order valence-electron chi connectivity index (χ0n) is 30.1. The Labute approximate surface area is 303 Å². The number of ether oxygens (including phenoxy) is 4. The first kappa shape index (κ1) is 36.1. The van der Waals surface area contributed by atoms with Gasteiger partial charge in [-0.05, 0) is 81.0 Å². The lowest BCUT2D eigenvalue weighted by atomic mass is 9.76. The van der Waals surface area contributed by atoms with E-state index in [0.29, 0.717) is 56.3 Å². The number of methoxy groups -OCH3 is 2. The molecule has 2 saturated heterocycles. The van der Waals surface area contributed by atoms with Crippen LogP contribution in [-0.4, -0.2) is 85.9 Å². The lowest BCUT2D eigenvalue weighted by molar-refractivity contribution is 0.00751. The number of piperidine rings is 1. The molecule has 2 unspecified atom stereocenters. The molecule has 2 aliphatic carbocycles. The van der Waals surface area contributed by atoms with Gasteiger partial charge >= 0.3 is 6.01 Å². The van der Waals surface area contributed by atoms with E-state index >= 15 is 4.39 Å². The second-order valence-corrected chi connectivity index (χ2v) is 14.5. The number of terminal acetylenes is 1. The number of rotatable bonds is 7. The second kappa shape index (κ2) is 15.3. The third kappa shape index (κ3) is 6.94. The number of benzene rings is 2. The van der Waals surface area contributed by atoms with Crippen molar-refractivity contribution in [2.24, 2.45) is 11.3 Å². The van der Waals surface area contributed by atoms with Crippen molar-refractivity contribution in [1.29, 1.82) is 0 Å². The van der Waals surface area contributed by atoms with Crippen molar-refractivity contribution in [3.63, 3.8) is 0 Å². The van der Waals surface area contributed by atoms with Gasteiger partial charge in [-0.15, -0.1) is 6.42 Å². The summed E-state index contributed by atoms with van der Waals surface area (Å²) < 4.78 is 54.7. The number of nitrogens with one attached hydrogen (secondary N) is 1. The van der Waals surface area contributed by atoms with Gasteiger partial charge in [0, 0.05) is 49.2 Å². The van der Waals surface area contributed by atoms with E-state index in [2.05, 4.69) is 28.1 Å². The minimum absolute atomic E-state index is 0.0248. The number of hydrogen-bond donors (Lipinski definition) is 2. The average Bonchev–Trinajstić information content (AvgIpc) is 3.38. The van der Waals surface area contributed by atoms with E-state index in [-0.39, 0.29) is 56.2 Å². The molecule has 2 N–H and O–H groups in total. The summed E-state index contributed by atoms with van der Waals surface area (Å²) in [7, 11) is 3.22. The van der Waals surface area contributed by atoms with Crippen molar-refractivity contribution in [2.45, 2.75) is 70.4 Å². The topological polar surface area (TPSA) is 111 Å². The van der Waals surface area contributed by atoms with Crippen LogP contribution in [0.5, 0.6) is 17.6 Å². The molecular weight excluding hydrogens is 668 g/mol. The lowest BCUT2D eigenvalue weighted by Crippen LogP contribution is -2.49. The van der Waals surface area contributed by atoms with Gasteiger partial charge in [0.05, 0.1) is 32.0 Å². The summed E-state index contributed by atoms with van der Waals surface area (Å²) in [5, 5.41) is 15.2. The van der Waals surface area contributed by atoms with Crippen molar-refractivity contribution >= 4 is 27.5 Å². The zero-order valence-corrected chi connectivity index (χ0v) is 30.1. The minimum Gasteiger partial charge on any atom is -0.508 e. The van der Waals surface area contributed by atoms with E-state index in [9.17, 15) is 9.50 Å². The Morgan fingerprint density at radius 1 is 1.06 bits per heavy atom. The van der Waals surface area contributed by atoms with Gasteiger partial charge in [0.2, 0.25) is 5.88 Å². The molecule has 12 heteroatoms. The van der Waals surface area contributed by atoms with Gasteiger partial charge in [0.25, 0.3) is 0 Å². The predicted octanol–water partition coefficient (Wildman–Crippen LogP) is 6.78. The molecule has 2 atom stereocenters. The predicted molar refractivity (Wildman–Crippen MR) is 196 cm³/mol. The Balaban J connectivity index is 0.000000539. The second-order valence-electron chi connectivity index (χ2n) is 14.5. The first-order valence-electron chi connectivity index (χ1n) is 18.3. The number of fused-ring (bicyclic) bond motifs is 3. The first-order valence-corrected chi connectivity index (χ1v) is 18.3. The summed E-state index contributed by atoms with van der Waals surface area (Å²) in [5.74, 6) is 2.23. The fourth-order valence-electron chi connectivity index (χ4n) is 8.38. The van der Waals surface area contributed by atoms with Crippen LogP contribution < -0.4 is 19.7 Å². The highest BCUT2D eigenvalue weighted by Crippen LogP contribution is 2.45. The Hall–Kier alpha value is -4.31. The monoisotopic (exact) mass is 715 g/mol. The molecule has 2 saturated carbocycles. The van der Waals surface area contributed by atoms with E-state index in [1.807, 2.05) is 4.90 Å². The number of hydrogen-bond acceptors (Lipinski definition) is 10. The summed E-state index contributed by atoms with van der Waals surface area (Å²) >= 11 is 0. The maximum Gasteiger partial charge on any atom is 0.319 e. The molecule has 4 fully saturated rings. The van der Waals surface area contributed by atoms with Crippen LogP contribution in [0.1, 0.15) is 63.9 Å². The Bertz CT molecular complexity index is 1970. The Kier molecular flexibility index (Phi) is 10.6. The maximum absolute atomic E-state index is 16.9. The van der Waals surface area contributed by atoms with Gasteiger partial charge in [0.15, 0.2) is 5.82 Å². The van der Waals surface area contributed by atoms with E-state index in [1.54, 1.807) is 7.11 Å². The van der Waals surface area contributed by atoms with E-state index in [1.165, 1.54) is 44.2 Å². The van der Waals surface area contributed by atoms with Crippen LogP contribution in [0, 0.1) is 35.3 Å². The highest BCUT2D eigenvalue weighted by molar-refractivity contribution is 6.04. The molecule has 2 aromatic carbocycles.